The van der Waals surface area contributed by atoms with Gasteiger partial charge in [0.15, 0.2) is 0 Å². The van der Waals surface area contributed by atoms with Crippen LogP contribution in [0.25, 0.3) is 0 Å². The van der Waals surface area contributed by atoms with Gasteiger partial charge in [0, 0.05) is 5.56 Å². The average molecular weight is 193 g/mol. The van der Waals surface area contributed by atoms with E-state index in [0.717, 1.165) is 16.7 Å². The first-order chi connectivity index (χ1) is 6.52. The number of hydrogen-bond acceptors (Lipinski definition) is 1. The number of carbonyl (C=O) groups excluding carboxylic acids is 1. The van der Waals surface area contributed by atoms with Gasteiger partial charge in [-0.1, -0.05) is 25.5 Å². The van der Waals surface area contributed by atoms with E-state index in [4.69, 9.17) is 5.73 Å². The van der Waals surface area contributed by atoms with Crippen LogP contribution in [0, 0.1) is 20.8 Å². The normalized spacial score (nSPS) is 8.93. The molecule has 0 saturated carbocycles. The molecule has 2 N–H and O–H groups in total. The number of carbonyl (C=O) groups is 1. The second kappa shape index (κ2) is 5.43. The minimum Gasteiger partial charge on any atom is -0.366 e. The van der Waals surface area contributed by atoms with Gasteiger partial charge in [-0.2, -0.15) is 0 Å². The summed E-state index contributed by atoms with van der Waals surface area (Å²) in [6.45, 7) is 9.85. The maximum atomic E-state index is 10.9. The topological polar surface area (TPSA) is 43.1 Å². The minimum atomic E-state index is -0.348. The second-order valence-electron chi connectivity index (χ2n) is 3.12. The van der Waals surface area contributed by atoms with Crippen LogP contribution in [0.2, 0.25) is 0 Å². The summed E-state index contributed by atoms with van der Waals surface area (Å²) in [6.07, 6.45) is 0. The molecule has 1 aromatic rings. The van der Waals surface area contributed by atoms with E-state index in [1.165, 1.54) is 0 Å². The molecule has 0 radical (unpaired) electrons. The fourth-order valence-corrected chi connectivity index (χ4v) is 1.30. The Morgan fingerprint density at radius 2 is 1.64 bits per heavy atom. The monoisotopic (exact) mass is 193 g/mol. The summed E-state index contributed by atoms with van der Waals surface area (Å²) in [4.78, 5) is 10.9. The van der Waals surface area contributed by atoms with E-state index in [2.05, 4.69) is 0 Å². The zero-order valence-corrected chi connectivity index (χ0v) is 9.64. The lowest BCUT2D eigenvalue weighted by Gasteiger charge is -2.06. The third kappa shape index (κ3) is 2.87. The van der Waals surface area contributed by atoms with Gasteiger partial charge in [-0.25, -0.2) is 0 Å². The Labute approximate surface area is 86.1 Å². The summed E-state index contributed by atoms with van der Waals surface area (Å²) in [6, 6.07) is 3.87. The second-order valence-corrected chi connectivity index (χ2v) is 3.12. The van der Waals surface area contributed by atoms with E-state index in [1.54, 1.807) is 0 Å². The predicted octanol–water partition coefficient (Wildman–Crippen LogP) is 2.74. The molecule has 14 heavy (non-hydrogen) atoms. The summed E-state index contributed by atoms with van der Waals surface area (Å²) in [5, 5.41) is 0. The van der Waals surface area contributed by atoms with E-state index in [9.17, 15) is 4.79 Å². The molecule has 78 valence electrons. The summed E-state index contributed by atoms with van der Waals surface area (Å²) >= 11 is 0. The SMILES string of the molecule is CC.Cc1cc(C)c(C)c(C(N)=O)c1. The van der Waals surface area contributed by atoms with Gasteiger partial charge in [0.05, 0.1) is 0 Å². The number of nitrogens with two attached hydrogens (primary N) is 1. The molecule has 0 spiro atoms. The molecule has 0 unspecified atom stereocenters. The third-order valence-electron chi connectivity index (χ3n) is 2.08. The van der Waals surface area contributed by atoms with Crippen molar-refractivity contribution in [1.29, 1.82) is 0 Å². The van der Waals surface area contributed by atoms with Gasteiger partial charge in [-0.3, -0.25) is 4.79 Å². The van der Waals surface area contributed by atoms with Crippen molar-refractivity contribution in [3.8, 4) is 0 Å². The first-order valence-electron chi connectivity index (χ1n) is 4.90. The highest BCUT2D eigenvalue weighted by molar-refractivity contribution is 5.94. The third-order valence-corrected chi connectivity index (χ3v) is 2.08. The molecule has 1 rings (SSSR count). The number of aryl methyl sites for hydroxylation is 2. The molecule has 0 heterocycles. The average Bonchev–Trinajstić information content (AvgIpc) is 2.14. The zero-order valence-electron chi connectivity index (χ0n) is 9.64. The van der Waals surface area contributed by atoms with E-state index >= 15 is 0 Å². The lowest BCUT2D eigenvalue weighted by molar-refractivity contribution is 0.0999. The van der Waals surface area contributed by atoms with Crippen LogP contribution in [0.1, 0.15) is 40.9 Å². The summed E-state index contributed by atoms with van der Waals surface area (Å²) in [5.41, 5.74) is 9.02. The van der Waals surface area contributed by atoms with Gasteiger partial charge >= 0.3 is 0 Å². The van der Waals surface area contributed by atoms with Crippen LogP contribution in [-0.4, -0.2) is 5.91 Å². The first kappa shape index (κ1) is 12.7. The quantitative estimate of drug-likeness (QED) is 0.732. The number of hydrogen-bond donors (Lipinski definition) is 1. The maximum absolute atomic E-state index is 10.9. The Morgan fingerprint density at radius 1 is 1.14 bits per heavy atom. The molecule has 0 aliphatic carbocycles. The standard InChI is InChI=1S/C10H13NO.C2H6/c1-6-4-7(2)8(3)9(5-6)10(11)12;1-2/h4-5H,1-3H3,(H2,11,12);1-2H3. The Kier molecular flexibility index (Phi) is 4.92. The van der Waals surface area contributed by atoms with Gasteiger partial charge in [-0.05, 0) is 38.0 Å². The molecule has 1 amide bonds. The van der Waals surface area contributed by atoms with Crippen molar-refractivity contribution in [2.75, 3.05) is 0 Å². The van der Waals surface area contributed by atoms with E-state index in [-0.39, 0.29) is 5.91 Å². The lowest BCUT2D eigenvalue weighted by Crippen LogP contribution is -2.13. The molecule has 1 aromatic carbocycles. The molecular weight excluding hydrogens is 174 g/mol. The summed E-state index contributed by atoms with van der Waals surface area (Å²) < 4.78 is 0. The molecule has 0 fully saturated rings. The van der Waals surface area contributed by atoms with Crippen LogP contribution < -0.4 is 5.73 Å². The van der Waals surface area contributed by atoms with Gasteiger partial charge < -0.3 is 5.73 Å². The molecular formula is C12H19NO. The Balaban J connectivity index is 0.000000791. The molecule has 0 aliphatic rings. The van der Waals surface area contributed by atoms with Crippen LogP contribution in [0.5, 0.6) is 0 Å². The van der Waals surface area contributed by atoms with E-state index in [0.29, 0.717) is 5.56 Å². The van der Waals surface area contributed by atoms with Crippen LogP contribution in [0.15, 0.2) is 12.1 Å². The Hall–Kier alpha value is -1.31. The van der Waals surface area contributed by atoms with Crippen LogP contribution in [0.3, 0.4) is 0 Å². The number of amides is 1. The fraction of sp³-hybridized carbons (Fsp3) is 0.417. The number of rotatable bonds is 1. The Morgan fingerprint density at radius 3 is 2.07 bits per heavy atom. The van der Waals surface area contributed by atoms with Crippen LogP contribution in [0.4, 0.5) is 0 Å². The molecule has 0 saturated heterocycles. The van der Waals surface area contributed by atoms with Crippen molar-refractivity contribution in [3.63, 3.8) is 0 Å². The molecule has 0 bridgehead atoms. The van der Waals surface area contributed by atoms with Gasteiger partial charge in [0.25, 0.3) is 0 Å². The maximum Gasteiger partial charge on any atom is 0.248 e. The summed E-state index contributed by atoms with van der Waals surface area (Å²) in [5.74, 6) is -0.348. The van der Waals surface area contributed by atoms with E-state index < -0.39 is 0 Å². The van der Waals surface area contributed by atoms with Crippen LogP contribution in [-0.2, 0) is 0 Å². The Bertz CT molecular complexity index is 329. The van der Waals surface area contributed by atoms with Crippen molar-refractivity contribution in [2.24, 2.45) is 5.73 Å². The molecule has 2 nitrogen and oxygen atoms in total. The van der Waals surface area contributed by atoms with Crippen molar-refractivity contribution in [2.45, 2.75) is 34.6 Å². The molecule has 2 heteroatoms. The smallest absolute Gasteiger partial charge is 0.248 e. The van der Waals surface area contributed by atoms with Crippen molar-refractivity contribution in [3.05, 3.63) is 34.4 Å². The minimum absolute atomic E-state index is 0.348. The number of benzene rings is 1. The zero-order chi connectivity index (χ0) is 11.3. The number of primary amides is 1. The van der Waals surface area contributed by atoms with Crippen molar-refractivity contribution >= 4 is 5.91 Å². The van der Waals surface area contributed by atoms with Gasteiger partial charge in [0.2, 0.25) is 5.91 Å². The van der Waals surface area contributed by atoms with Gasteiger partial charge in [-0.15, -0.1) is 0 Å². The fourth-order valence-electron chi connectivity index (χ4n) is 1.30. The highest BCUT2D eigenvalue weighted by atomic mass is 16.1. The molecule has 0 aliphatic heterocycles. The lowest BCUT2D eigenvalue weighted by atomic mass is 10.00. The predicted molar refractivity (Wildman–Crippen MR) is 60.5 cm³/mol. The highest BCUT2D eigenvalue weighted by Crippen LogP contribution is 2.14. The molecule has 0 atom stereocenters. The largest absolute Gasteiger partial charge is 0.366 e. The first-order valence-corrected chi connectivity index (χ1v) is 4.90. The van der Waals surface area contributed by atoms with Crippen LogP contribution >= 0.6 is 0 Å². The van der Waals surface area contributed by atoms with Gasteiger partial charge in [0.1, 0.15) is 0 Å². The highest BCUT2D eigenvalue weighted by Gasteiger charge is 2.06. The van der Waals surface area contributed by atoms with Crippen molar-refractivity contribution in [1.82, 2.24) is 0 Å². The molecule has 0 aromatic heterocycles. The van der Waals surface area contributed by atoms with E-state index in [1.807, 2.05) is 46.8 Å². The summed E-state index contributed by atoms with van der Waals surface area (Å²) in [7, 11) is 0. The van der Waals surface area contributed by atoms with Crippen molar-refractivity contribution < 1.29 is 4.79 Å².